The first-order chi connectivity index (χ1) is 10.9. The zero-order valence-electron chi connectivity index (χ0n) is 13.6. The van der Waals surface area contributed by atoms with Crippen LogP contribution in [0.4, 0.5) is 0 Å². The Morgan fingerprint density at radius 3 is 2.48 bits per heavy atom. The van der Waals surface area contributed by atoms with Crippen LogP contribution in [0.1, 0.15) is 36.2 Å². The summed E-state index contributed by atoms with van der Waals surface area (Å²) in [5.74, 6) is -0.789. The van der Waals surface area contributed by atoms with Gasteiger partial charge in [0.15, 0.2) is 0 Å². The lowest BCUT2D eigenvalue weighted by molar-refractivity contribution is -0.146. The van der Waals surface area contributed by atoms with Crippen LogP contribution in [0.5, 0.6) is 0 Å². The van der Waals surface area contributed by atoms with E-state index in [0.717, 1.165) is 17.6 Å². The number of hydrogen-bond acceptors (Lipinski definition) is 3. The van der Waals surface area contributed by atoms with Crippen LogP contribution in [0.15, 0.2) is 54.6 Å². The zero-order valence-corrected chi connectivity index (χ0v) is 13.6. The van der Waals surface area contributed by atoms with Crippen molar-refractivity contribution in [2.24, 2.45) is 0 Å². The molecule has 4 heteroatoms. The number of benzene rings is 1. The minimum Gasteiger partial charge on any atom is -0.467 e. The first kappa shape index (κ1) is 16.7. The molecule has 0 heterocycles. The van der Waals surface area contributed by atoms with Gasteiger partial charge < -0.3 is 10.1 Å². The second kappa shape index (κ2) is 7.09. The molecule has 1 N–H and O–H groups in total. The lowest BCUT2D eigenvalue weighted by Crippen LogP contribution is -2.50. The van der Waals surface area contributed by atoms with Crippen molar-refractivity contribution < 1.29 is 14.3 Å². The van der Waals surface area contributed by atoms with Crippen molar-refractivity contribution in [1.82, 2.24) is 5.32 Å². The van der Waals surface area contributed by atoms with Crippen LogP contribution >= 0.6 is 0 Å². The molecule has 0 saturated carbocycles. The van der Waals surface area contributed by atoms with Crippen LogP contribution in [-0.2, 0) is 9.53 Å². The Morgan fingerprint density at radius 1 is 1.13 bits per heavy atom. The van der Waals surface area contributed by atoms with Crippen molar-refractivity contribution >= 4 is 17.4 Å². The van der Waals surface area contributed by atoms with Crippen molar-refractivity contribution in [1.29, 1.82) is 0 Å². The van der Waals surface area contributed by atoms with Crippen molar-refractivity contribution in [3.8, 4) is 0 Å². The first-order valence-electron chi connectivity index (χ1n) is 7.49. The van der Waals surface area contributed by atoms with E-state index < -0.39 is 11.5 Å². The summed E-state index contributed by atoms with van der Waals surface area (Å²) in [6, 6.07) is 7.32. The van der Waals surface area contributed by atoms with Gasteiger partial charge >= 0.3 is 5.97 Å². The number of ether oxygens (including phenoxy) is 1. The van der Waals surface area contributed by atoms with Gasteiger partial charge in [-0.2, -0.15) is 0 Å². The minimum atomic E-state index is -1.07. The highest BCUT2D eigenvalue weighted by Crippen LogP contribution is 2.19. The molecule has 0 saturated heterocycles. The fraction of sp³-hybridized carbons (Fsp3) is 0.263. The minimum absolute atomic E-state index is 0.306. The summed E-state index contributed by atoms with van der Waals surface area (Å²) in [5, 5.41) is 2.68. The maximum absolute atomic E-state index is 12.3. The Morgan fingerprint density at radius 2 is 1.83 bits per heavy atom. The van der Waals surface area contributed by atoms with Gasteiger partial charge in [0.1, 0.15) is 5.54 Å². The Bertz CT molecular complexity index is 679. The average Bonchev–Trinajstić information content (AvgIpc) is 2.83. The summed E-state index contributed by atoms with van der Waals surface area (Å²) in [6.45, 7) is 3.22. The highest BCUT2D eigenvalue weighted by Gasteiger charge is 2.30. The predicted octanol–water partition coefficient (Wildman–Crippen LogP) is 3.27. The predicted molar refractivity (Wildman–Crippen MR) is 90.9 cm³/mol. The fourth-order valence-corrected chi connectivity index (χ4v) is 2.27. The van der Waals surface area contributed by atoms with Gasteiger partial charge in [-0.25, -0.2) is 4.79 Å². The molecule has 0 atom stereocenters. The van der Waals surface area contributed by atoms with E-state index in [-0.39, 0.29) is 5.91 Å². The largest absolute Gasteiger partial charge is 0.467 e. The Balaban J connectivity index is 2.12. The maximum atomic E-state index is 12.3. The molecule has 4 nitrogen and oxygen atoms in total. The lowest BCUT2D eigenvalue weighted by Gasteiger charge is -2.23. The molecule has 0 spiro atoms. The third-order valence-electron chi connectivity index (χ3n) is 3.60. The zero-order chi connectivity index (χ0) is 16.9. The molecule has 120 valence electrons. The monoisotopic (exact) mass is 311 g/mol. The van der Waals surface area contributed by atoms with Crippen LogP contribution in [0.3, 0.4) is 0 Å². The van der Waals surface area contributed by atoms with E-state index in [1.165, 1.54) is 7.11 Å². The number of esters is 1. The molecule has 1 amide bonds. The summed E-state index contributed by atoms with van der Waals surface area (Å²) in [6.07, 6.45) is 11.2. The number of carbonyl (C=O) groups is 2. The number of allylic oxidation sites excluding steroid dienone is 6. The lowest BCUT2D eigenvalue weighted by atomic mass is 10.0. The maximum Gasteiger partial charge on any atom is 0.330 e. The standard InChI is InChI=1S/C19H21NO3/c1-19(2,18(22)23-3)20-17(21)16-12-10-15(11-13-16)14-8-6-4-5-7-9-14/h4-6,8-13H,7H2,1-3H3,(H,20,21). The van der Waals surface area contributed by atoms with Gasteiger partial charge in [-0.1, -0.05) is 42.5 Å². The molecular formula is C19H21NO3. The van der Waals surface area contributed by atoms with Crippen LogP contribution in [0.2, 0.25) is 0 Å². The number of amides is 1. The number of carbonyl (C=O) groups excluding carboxylic acids is 2. The first-order valence-corrected chi connectivity index (χ1v) is 7.49. The van der Waals surface area contributed by atoms with Gasteiger partial charge in [0.05, 0.1) is 7.11 Å². The highest BCUT2D eigenvalue weighted by atomic mass is 16.5. The Kier molecular flexibility index (Phi) is 5.16. The molecular weight excluding hydrogens is 290 g/mol. The summed E-state index contributed by atoms with van der Waals surface area (Å²) in [4.78, 5) is 23.9. The number of rotatable bonds is 4. The average molecular weight is 311 g/mol. The van der Waals surface area contributed by atoms with E-state index >= 15 is 0 Å². The van der Waals surface area contributed by atoms with Crippen LogP contribution < -0.4 is 5.32 Å². The second-order valence-electron chi connectivity index (χ2n) is 5.83. The van der Waals surface area contributed by atoms with Gasteiger partial charge in [-0.15, -0.1) is 0 Å². The van der Waals surface area contributed by atoms with Crippen LogP contribution in [0.25, 0.3) is 5.57 Å². The summed E-state index contributed by atoms with van der Waals surface area (Å²) >= 11 is 0. The summed E-state index contributed by atoms with van der Waals surface area (Å²) in [5.41, 5.74) is 1.61. The van der Waals surface area contributed by atoms with Gasteiger partial charge in [0.25, 0.3) is 5.91 Å². The van der Waals surface area contributed by atoms with E-state index in [1.54, 1.807) is 26.0 Å². The fourth-order valence-electron chi connectivity index (χ4n) is 2.27. The molecule has 2 rings (SSSR count). The summed E-state index contributed by atoms with van der Waals surface area (Å²) in [7, 11) is 1.30. The smallest absolute Gasteiger partial charge is 0.330 e. The Hall–Kier alpha value is -2.62. The molecule has 1 aromatic carbocycles. The van der Waals surface area contributed by atoms with E-state index in [4.69, 9.17) is 0 Å². The third kappa shape index (κ3) is 4.19. The van der Waals surface area contributed by atoms with Crippen molar-refractivity contribution in [2.45, 2.75) is 25.8 Å². The van der Waals surface area contributed by atoms with E-state index in [1.807, 2.05) is 30.4 Å². The van der Waals surface area contributed by atoms with Crippen LogP contribution in [-0.4, -0.2) is 24.5 Å². The number of hydrogen-bond donors (Lipinski definition) is 1. The second-order valence-corrected chi connectivity index (χ2v) is 5.83. The molecule has 1 aliphatic carbocycles. The van der Waals surface area contributed by atoms with Crippen molar-refractivity contribution in [2.75, 3.05) is 7.11 Å². The molecule has 23 heavy (non-hydrogen) atoms. The van der Waals surface area contributed by atoms with Gasteiger partial charge in [0.2, 0.25) is 0 Å². The highest BCUT2D eigenvalue weighted by molar-refractivity contribution is 5.98. The number of nitrogens with one attached hydrogen (secondary N) is 1. The van der Waals surface area contributed by atoms with Crippen LogP contribution in [0, 0.1) is 0 Å². The number of methoxy groups -OCH3 is 1. The molecule has 0 aliphatic heterocycles. The van der Waals surface area contributed by atoms with Gasteiger partial charge in [-0.05, 0) is 43.5 Å². The van der Waals surface area contributed by atoms with E-state index in [0.29, 0.717) is 5.56 Å². The summed E-state index contributed by atoms with van der Waals surface area (Å²) < 4.78 is 4.69. The van der Waals surface area contributed by atoms with E-state index in [9.17, 15) is 9.59 Å². The SMILES string of the molecule is COC(=O)C(C)(C)NC(=O)c1ccc(C2=CCC=CC=C2)cc1. The van der Waals surface area contributed by atoms with Crippen molar-refractivity contribution in [3.63, 3.8) is 0 Å². The Labute approximate surface area is 136 Å². The van der Waals surface area contributed by atoms with Crippen molar-refractivity contribution in [3.05, 3.63) is 65.8 Å². The van der Waals surface area contributed by atoms with E-state index in [2.05, 4.69) is 22.2 Å². The molecule has 0 unspecified atom stereocenters. The molecule has 0 fully saturated rings. The quantitative estimate of drug-likeness (QED) is 0.868. The molecule has 1 aromatic rings. The molecule has 0 radical (unpaired) electrons. The normalized spacial score (nSPS) is 14.0. The van der Waals surface area contributed by atoms with Gasteiger partial charge in [0, 0.05) is 5.56 Å². The molecule has 0 bridgehead atoms. The topological polar surface area (TPSA) is 55.4 Å². The molecule has 0 aromatic heterocycles. The third-order valence-corrected chi connectivity index (χ3v) is 3.60. The van der Waals surface area contributed by atoms with Gasteiger partial charge in [-0.3, -0.25) is 4.79 Å². The molecule has 1 aliphatic rings.